The molecule has 4 heteroatoms. The molecule has 0 aliphatic carbocycles. The van der Waals surface area contributed by atoms with Gasteiger partial charge in [0.15, 0.2) is 0 Å². The van der Waals surface area contributed by atoms with Gasteiger partial charge in [-0.15, -0.1) is 0 Å². The van der Waals surface area contributed by atoms with E-state index < -0.39 is 0 Å². The fourth-order valence-electron chi connectivity index (χ4n) is 0.325. The SMILES string of the molecule is CC.Cc1cnc[nH]1.NCC=O.[HH].[HH]. The third-order valence-corrected chi connectivity index (χ3v) is 0.731. The van der Waals surface area contributed by atoms with Crippen LogP contribution in [0.3, 0.4) is 0 Å². The quantitative estimate of drug-likeness (QED) is 0.633. The summed E-state index contributed by atoms with van der Waals surface area (Å²) in [5.41, 5.74) is 5.77. The van der Waals surface area contributed by atoms with Gasteiger partial charge in [0, 0.05) is 21.3 Å². The van der Waals surface area contributed by atoms with Gasteiger partial charge in [0.1, 0.15) is 6.29 Å². The summed E-state index contributed by atoms with van der Waals surface area (Å²) < 4.78 is 0. The van der Waals surface area contributed by atoms with Gasteiger partial charge in [-0.3, -0.25) is 0 Å². The molecule has 0 atom stereocenters. The number of nitrogens with two attached hydrogens (primary N) is 1. The lowest BCUT2D eigenvalue weighted by molar-refractivity contribution is -0.106. The zero-order valence-corrected chi connectivity index (χ0v) is 7.87. The molecular formula is C8H21N3O. The summed E-state index contributed by atoms with van der Waals surface area (Å²) >= 11 is 0. The molecule has 4 nitrogen and oxygen atoms in total. The van der Waals surface area contributed by atoms with E-state index in [1.54, 1.807) is 12.5 Å². The Morgan fingerprint density at radius 2 is 2.25 bits per heavy atom. The summed E-state index contributed by atoms with van der Waals surface area (Å²) in [5.74, 6) is 0. The van der Waals surface area contributed by atoms with Crippen molar-refractivity contribution in [1.82, 2.24) is 9.97 Å². The number of hydrogen-bond acceptors (Lipinski definition) is 3. The third-order valence-electron chi connectivity index (χ3n) is 0.731. The van der Waals surface area contributed by atoms with Crippen LogP contribution < -0.4 is 5.73 Å². The molecule has 1 heterocycles. The summed E-state index contributed by atoms with van der Waals surface area (Å²) in [4.78, 5) is 15.7. The van der Waals surface area contributed by atoms with Crippen LogP contribution in [0.5, 0.6) is 0 Å². The lowest BCUT2D eigenvalue weighted by Crippen LogP contribution is -1.97. The van der Waals surface area contributed by atoms with Gasteiger partial charge in [0.25, 0.3) is 0 Å². The summed E-state index contributed by atoms with van der Waals surface area (Å²) in [6.45, 7) is 6.10. The molecule has 0 saturated heterocycles. The molecule has 0 unspecified atom stereocenters. The summed E-state index contributed by atoms with van der Waals surface area (Å²) in [6, 6.07) is 0. The molecule has 0 bridgehead atoms. The fraction of sp³-hybridized carbons (Fsp3) is 0.500. The average molecular weight is 175 g/mol. The van der Waals surface area contributed by atoms with E-state index in [1.165, 1.54) is 0 Å². The van der Waals surface area contributed by atoms with Crippen molar-refractivity contribution in [3.05, 3.63) is 18.2 Å². The van der Waals surface area contributed by atoms with Gasteiger partial charge in [-0.05, 0) is 6.92 Å². The number of aryl methyl sites for hydroxylation is 1. The van der Waals surface area contributed by atoms with Crippen LogP contribution >= 0.6 is 0 Å². The summed E-state index contributed by atoms with van der Waals surface area (Å²) in [7, 11) is 0. The van der Waals surface area contributed by atoms with E-state index in [0.29, 0.717) is 6.29 Å². The molecule has 1 aromatic rings. The fourth-order valence-corrected chi connectivity index (χ4v) is 0.325. The average Bonchev–Trinajstić information content (AvgIpc) is 2.60. The largest absolute Gasteiger partial charge is 0.349 e. The first-order chi connectivity index (χ1) is 5.81. The van der Waals surface area contributed by atoms with Gasteiger partial charge in [0.2, 0.25) is 0 Å². The molecule has 0 aliphatic heterocycles. The van der Waals surface area contributed by atoms with E-state index in [0.717, 1.165) is 5.69 Å². The number of aromatic amines is 1. The van der Waals surface area contributed by atoms with Crippen LogP contribution in [0.1, 0.15) is 22.4 Å². The van der Waals surface area contributed by atoms with Crippen molar-refractivity contribution in [1.29, 1.82) is 0 Å². The van der Waals surface area contributed by atoms with E-state index in [9.17, 15) is 0 Å². The van der Waals surface area contributed by atoms with E-state index >= 15 is 0 Å². The molecule has 0 spiro atoms. The first-order valence-electron chi connectivity index (χ1n) is 3.90. The van der Waals surface area contributed by atoms with Crippen molar-refractivity contribution in [2.24, 2.45) is 5.73 Å². The smallest absolute Gasteiger partial charge is 0.133 e. The van der Waals surface area contributed by atoms with E-state index in [1.807, 2.05) is 20.8 Å². The minimum Gasteiger partial charge on any atom is -0.349 e. The van der Waals surface area contributed by atoms with E-state index in [4.69, 9.17) is 4.79 Å². The van der Waals surface area contributed by atoms with Crippen LogP contribution in [0.15, 0.2) is 12.5 Å². The maximum atomic E-state index is 9.05. The topological polar surface area (TPSA) is 71.8 Å². The van der Waals surface area contributed by atoms with Crippen molar-refractivity contribution < 1.29 is 7.65 Å². The molecule has 0 saturated carbocycles. The number of rotatable bonds is 1. The standard InChI is InChI=1S/C4H6N2.C2H5NO.C2H6.2H2/c1-4-2-5-3-6-4;3-1-2-4;1-2;;/h2-3H,1H3,(H,5,6);2H,1,3H2;1-2H3;2*1H. The van der Waals surface area contributed by atoms with Gasteiger partial charge >= 0.3 is 0 Å². The second kappa shape index (κ2) is 12.5. The lowest BCUT2D eigenvalue weighted by atomic mass is 10.6. The normalized spacial score (nSPS) is 7.00. The number of nitrogens with zero attached hydrogens (tertiary/aromatic N) is 1. The van der Waals surface area contributed by atoms with Gasteiger partial charge in [-0.1, -0.05) is 13.8 Å². The first-order valence-corrected chi connectivity index (χ1v) is 3.90. The predicted octanol–water partition coefficient (Wildman–Crippen LogP) is 1.38. The van der Waals surface area contributed by atoms with Crippen molar-refractivity contribution in [3.63, 3.8) is 0 Å². The van der Waals surface area contributed by atoms with Crippen LogP contribution in [0.25, 0.3) is 0 Å². The minimum atomic E-state index is 0. The van der Waals surface area contributed by atoms with Crippen LogP contribution in [0.4, 0.5) is 0 Å². The van der Waals surface area contributed by atoms with Crippen LogP contribution in [0.2, 0.25) is 0 Å². The molecular weight excluding hydrogens is 154 g/mol. The summed E-state index contributed by atoms with van der Waals surface area (Å²) in [6.07, 6.45) is 4.09. The second-order valence-corrected chi connectivity index (χ2v) is 1.64. The maximum absolute atomic E-state index is 9.05. The number of carbonyl (C=O) groups excluding carboxylic acids is 1. The number of aldehydes is 1. The molecule has 0 fully saturated rings. The van der Waals surface area contributed by atoms with Gasteiger partial charge in [-0.25, -0.2) is 4.98 Å². The lowest BCUT2D eigenvalue weighted by Gasteiger charge is -1.67. The highest BCUT2D eigenvalue weighted by Gasteiger charge is 1.73. The number of nitrogens with one attached hydrogen (secondary N) is 1. The molecule has 74 valence electrons. The number of H-pyrrole nitrogens is 1. The molecule has 0 aromatic carbocycles. The summed E-state index contributed by atoms with van der Waals surface area (Å²) in [5, 5.41) is 0. The van der Waals surface area contributed by atoms with E-state index in [2.05, 4.69) is 15.7 Å². The zero-order chi connectivity index (χ0) is 9.82. The molecule has 0 radical (unpaired) electrons. The molecule has 1 aromatic heterocycles. The van der Waals surface area contributed by atoms with Gasteiger partial charge in [-0.2, -0.15) is 0 Å². The Hall–Kier alpha value is -1.16. The Morgan fingerprint density at radius 3 is 2.33 bits per heavy atom. The van der Waals surface area contributed by atoms with Crippen molar-refractivity contribution in [2.75, 3.05) is 6.54 Å². The monoisotopic (exact) mass is 175 g/mol. The van der Waals surface area contributed by atoms with Crippen LogP contribution in [-0.2, 0) is 4.79 Å². The van der Waals surface area contributed by atoms with Crippen molar-refractivity contribution >= 4 is 6.29 Å². The highest BCUT2D eigenvalue weighted by molar-refractivity contribution is 5.51. The first kappa shape index (κ1) is 13.4. The number of imidazole rings is 1. The number of aromatic nitrogens is 2. The number of hydrogen-bond donors (Lipinski definition) is 2. The Kier molecular flexibility index (Phi) is 14.0. The Balaban J connectivity index is -0.0000000567. The Bertz CT molecular complexity index is 169. The van der Waals surface area contributed by atoms with Crippen molar-refractivity contribution in [2.45, 2.75) is 20.8 Å². The number of carbonyl (C=O) groups is 1. The van der Waals surface area contributed by atoms with E-state index in [-0.39, 0.29) is 9.40 Å². The zero-order valence-electron chi connectivity index (χ0n) is 7.87. The molecule has 1 rings (SSSR count). The highest BCUT2D eigenvalue weighted by Crippen LogP contribution is 1.81. The molecule has 0 aliphatic rings. The minimum absolute atomic E-state index is 0. The van der Waals surface area contributed by atoms with Crippen LogP contribution in [0, 0.1) is 6.92 Å². The van der Waals surface area contributed by atoms with Crippen molar-refractivity contribution in [3.8, 4) is 0 Å². The second-order valence-electron chi connectivity index (χ2n) is 1.64. The highest BCUT2D eigenvalue weighted by atomic mass is 16.1. The molecule has 0 amide bonds. The van der Waals surface area contributed by atoms with Gasteiger partial charge < -0.3 is 15.5 Å². The molecule has 3 N–H and O–H groups in total. The third kappa shape index (κ3) is 11.6. The van der Waals surface area contributed by atoms with Crippen LogP contribution in [-0.4, -0.2) is 22.8 Å². The maximum Gasteiger partial charge on any atom is 0.133 e. The Morgan fingerprint density at radius 1 is 1.75 bits per heavy atom. The molecule has 12 heavy (non-hydrogen) atoms. The van der Waals surface area contributed by atoms with Gasteiger partial charge in [0.05, 0.1) is 6.33 Å². The predicted molar refractivity (Wildman–Crippen MR) is 54.0 cm³/mol. The Labute approximate surface area is 76.2 Å².